The first-order valence-corrected chi connectivity index (χ1v) is 8.92. The highest BCUT2D eigenvalue weighted by Gasteiger charge is 2.33. The monoisotopic (exact) mass is 398 g/mol. The van der Waals surface area contributed by atoms with Crippen LogP contribution in [-0.2, 0) is 11.6 Å². The van der Waals surface area contributed by atoms with Gasteiger partial charge in [0.1, 0.15) is 5.82 Å². The number of hydrogen-bond donors (Lipinski definition) is 0. The van der Waals surface area contributed by atoms with Crippen molar-refractivity contribution in [3.63, 3.8) is 0 Å². The van der Waals surface area contributed by atoms with Crippen LogP contribution in [0.4, 0.5) is 29.2 Å². The lowest BCUT2D eigenvalue weighted by Gasteiger charge is -2.36. The van der Waals surface area contributed by atoms with Crippen LogP contribution in [0.15, 0.2) is 12.1 Å². The molecule has 0 aliphatic carbocycles. The highest BCUT2D eigenvalue weighted by Crippen LogP contribution is 2.29. The van der Waals surface area contributed by atoms with E-state index in [1.165, 1.54) is 6.07 Å². The third-order valence-corrected chi connectivity index (χ3v) is 4.51. The van der Waals surface area contributed by atoms with Gasteiger partial charge in [-0.25, -0.2) is 14.4 Å². The molecular formula is C18H22F4N6. The molecule has 1 saturated heterocycles. The topological polar surface area (TPSA) is 58.0 Å². The van der Waals surface area contributed by atoms with Crippen LogP contribution >= 0.6 is 0 Å². The summed E-state index contributed by atoms with van der Waals surface area (Å²) in [5.41, 5.74) is -1.04. The maximum Gasteiger partial charge on any atom is 0.435 e. The molecule has 10 heteroatoms. The average molecular weight is 398 g/mol. The maximum absolute atomic E-state index is 14.6. The Morgan fingerprint density at radius 3 is 2.00 bits per heavy atom. The van der Waals surface area contributed by atoms with Gasteiger partial charge in [0.2, 0.25) is 0 Å². The van der Waals surface area contributed by atoms with Gasteiger partial charge in [0.15, 0.2) is 23.1 Å². The van der Waals surface area contributed by atoms with Crippen LogP contribution in [-0.4, -0.2) is 46.3 Å². The van der Waals surface area contributed by atoms with E-state index in [1.54, 1.807) is 6.92 Å². The van der Waals surface area contributed by atoms with Gasteiger partial charge in [-0.2, -0.15) is 13.2 Å². The summed E-state index contributed by atoms with van der Waals surface area (Å²) in [7, 11) is 0. The molecule has 3 heterocycles. The molecule has 0 radical (unpaired) electrons. The van der Waals surface area contributed by atoms with Crippen molar-refractivity contribution in [2.24, 2.45) is 0 Å². The average Bonchev–Trinajstić information content (AvgIpc) is 2.62. The van der Waals surface area contributed by atoms with Crippen LogP contribution in [0.3, 0.4) is 0 Å². The lowest BCUT2D eigenvalue weighted by Crippen LogP contribution is -2.47. The molecule has 0 saturated carbocycles. The summed E-state index contributed by atoms with van der Waals surface area (Å²) in [5, 5.41) is 6.94. The Labute approximate surface area is 160 Å². The minimum Gasteiger partial charge on any atom is -0.352 e. The summed E-state index contributed by atoms with van der Waals surface area (Å²) in [5.74, 6) is 0.742. The zero-order valence-corrected chi connectivity index (χ0v) is 16.2. The SMILES string of the molecule is Cc1nc(C(C)(C)C)nc(N2CCN(c3ccc(C(F)(F)F)nn3)CC2)c1F. The molecule has 0 amide bonds. The molecule has 1 aliphatic heterocycles. The molecule has 0 atom stereocenters. The van der Waals surface area contributed by atoms with Crippen LogP contribution in [0, 0.1) is 12.7 Å². The molecule has 6 nitrogen and oxygen atoms in total. The Bertz CT molecular complexity index is 837. The summed E-state index contributed by atoms with van der Waals surface area (Å²) < 4.78 is 52.5. The molecule has 0 unspecified atom stereocenters. The van der Waals surface area contributed by atoms with E-state index in [4.69, 9.17) is 0 Å². The number of aryl methyl sites for hydroxylation is 1. The fraction of sp³-hybridized carbons (Fsp3) is 0.556. The summed E-state index contributed by atoms with van der Waals surface area (Å²) in [4.78, 5) is 12.3. The van der Waals surface area contributed by atoms with Crippen molar-refractivity contribution in [3.05, 3.63) is 35.2 Å². The summed E-state index contributed by atoms with van der Waals surface area (Å²) >= 11 is 0. The normalized spacial score (nSPS) is 15.9. The van der Waals surface area contributed by atoms with E-state index in [0.29, 0.717) is 43.5 Å². The maximum atomic E-state index is 14.6. The molecule has 152 valence electrons. The number of nitrogens with zero attached hydrogens (tertiary/aromatic N) is 6. The fourth-order valence-electron chi connectivity index (χ4n) is 2.88. The van der Waals surface area contributed by atoms with Crippen molar-refractivity contribution in [3.8, 4) is 0 Å². The zero-order valence-electron chi connectivity index (χ0n) is 16.2. The molecule has 0 aromatic carbocycles. The van der Waals surface area contributed by atoms with Crippen LogP contribution in [0.5, 0.6) is 0 Å². The highest BCUT2D eigenvalue weighted by atomic mass is 19.4. The van der Waals surface area contributed by atoms with Gasteiger partial charge in [-0.15, -0.1) is 10.2 Å². The predicted octanol–water partition coefficient (Wildman–Crippen LogP) is 3.36. The number of hydrogen-bond acceptors (Lipinski definition) is 6. The van der Waals surface area contributed by atoms with Gasteiger partial charge in [0.05, 0.1) is 5.69 Å². The minimum absolute atomic E-state index is 0.260. The van der Waals surface area contributed by atoms with Crippen molar-refractivity contribution in [1.29, 1.82) is 0 Å². The second-order valence-corrected chi connectivity index (χ2v) is 7.77. The van der Waals surface area contributed by atoms with Crippen molar-refractivity contribution < 1.29 is 17.6 Å². The van der Waals surface area contributed by atoms with Crippen LogP contribution in [0.25, 0.3) is 0 Å². The number of rotatable bonds is 2. The number of aromatic nitrogens is 4. The van der Waals surface area contributed by atoms with Gasteiger partial charge in [-0.1, -0.05) is 20.8 Å². The third-order valence-electron chi connectivity index (χ3n) is 4.51. The fourth-order valence-corrected chi connectivity index (χ4v) is 2.88. The molecule has 3 rings (SSSR count). The van der Waals surface area contributed by atoms with E-state index < -0.39 is 17.7 Å². The molecule has 2 aromatic heterocycles. The van der Waals surface area contributed by atoms with Crippen LogP contribution < -0.4 is 9.80 Å². The number of piperazine rings is 1. The standard InChI is InChI=1S/C18H22F4N6/c1-11-14(19)15(24-16(23-11)17(2,3)4)28-9-7-27(8-10-28)13-6-5-12(25-26-13)18(20,21)22/h5-6H,7-10H2,1-4H3. The van der Waals surface area contributed by atoms with Crippen molar-refractivity contribution in [2.75, 3.05) is 36.0 Å². The zero-order chi connectivity index (χ0) is 20.7. The largest absolute Gasteiger partial charge is 0.435 e. The van der Waals surface area contributed by atoms with Gasteiger partial charge >= 0.3 is 6.18 Å². The first-order valence-electron chi connectivity index (χ1n) is 8.92. The van der Waals surface area contributed by atoms with E-state index in [0.717, 1.165) is 6.07 Å². The highest BCUT2D eigenvalue weighted by molar-refractivity contribution is 5.46. The van der Waals surface area contributed by atoms with Crippen LogP contribution in [0.1, 0.15) is 38.0 Å². The molecule has 1 aliphatic rings. The molecule has 1 fully saturated rings. The molecule has 0 bridgehead atoms. The number of halogens is 4. The van der Waals surface area contributed by atoms with Crippen molar-refractivity contribution in [1.82, 2.24) is 20.2 Å². The number of alkyl halides is 3. The first-order chi connectivity index (χ1) is 13.0. The molecule has 0 N–H and O–H groups in total. The number of anilines is 2. The Morgan fingerprint density at radius 1 is 0.893 bits per heavy atom. The lowest BCUT2D eigenvalue weighted by atomic mass is 9.95. The Balaban J connectivity index is 1.75. The van der Waals surface area contributed by atoms with Crippen molar-refractivity contribution >= 4 is 11.6 Å². The lowest BCUT2D eigenvalue weighted by molar-refractivity contribution is -0.141. The quantitative estimate of drug-likeness (QED) is 0.723. The van der Waals surface area contributed by atoms with E-state index in [-0.39, 0.29) is 11.2 Å². The predicted molar refractivity (Wildman–Crippen MR) is 96.9 cm³/mol. The van der Waals surface area contributed by atoms with E-state index in [1.807, 2.05) is 30.6 Å². The van der Waals surface area contributed by atoms with E-state index >= 15 is 0 Å². The molecule has 2 aromatic rings. The summed E-state index contributed by atoms with van der Waals surface area (Å²) in [6.07, 6.45) is -4.52. The first kappa shape index (κ1) is 20.2. The molecular weight excluding hydrogens is 376 g/mol. The second kappa shape index (κ2) is 7.14. The molecule has 28 heavy (non-hydrogen) atoms. The second-order valence-electron chi connectivity index (χ2n) is 7.77. The smallest absolute Gasteiger partial charge is 0.352 e. The van der Waals surface area contributed by atoms with Gasteiger partial charge < -0.3 is 9.80 Å². The minimum atomic E-state index is -4.52. The molecule has 0 spiro atoms. The third kappa shape index (κ3) is 4.15. The van der Waals surface area contributed by atoms with Gasteiger partial charge in [0.25, 0.3) is 0 Å². The van der Waals surface area contributed by atoms with Gasteiger partial charge in [-0.3, -0.25) is 0 Å². The van der Waals surface area contributed by atoms with Crippen LogP contribution in [0.2, 0.25) is 0 Å². The van der Waals surface area contributed by atoms with E-state index in [9.17, 15) is 17.6 Å². The summed E-state index contributed by atoms with van der Waals surface area (Å²) in [6, 6.07) is 2.22. The summed E-state index contributed by atoms with van der Waals surface area (Å²) in [6.45, 7) is 9.35. The van der Waals surface area contributed by atoms with E-state index in [2.05, 4.69) is 20.2 Å². The van der Waals surface area contributed by atoms with Crippen molar-refractivity contribution in [2.45, 2.75) is 39.3 Å². The Morgan fingerprint density at radius 2 is 1.50 bits per heavy atom. The van der Waals surface area contributed by atoms with Gasteiger partial charge in [0, 0.05) is 31.6 Å². The Hall–Kier alpha value is -2.52. The van der Waals surface area contributed by atoms with Gasteiger partial charge in [-0.05, 0) is 19.1 Å². The Kier molecular flexibility index (Phi) is 5.16.